The van der Waals surface area contributed by atoms with Gasteiger partial charge in [0, 0.05) is 30.8 Å². The van der Waals surface area contributed by atoms with Crippen molar-refractivity contribution in [1.29, 1.82) is 0 Å². The molecule has 0 saturated carbocycles. The van der Waals surface area contributed by atoms with Crippen LogP contribution in [0.5, 0.6) is 0 Å². The number of nitro benzene ring substituents is 1. The molecule has 0 bridgehead atoms. The van der Waals surface area contributed by atoms with Crippen molar-refractivity contribution >= 4 is 29.0 Å². The first-order valence-electron chi connectivity index (χ1n) is 9.39. The summed E-state index contributed by atoms with van der Waals surface area (Å²) in [5.74, 6) is 1.04. The Hall–Kier alpha value is -3.01. The van der Waals surface area contributed by atoms with Crippen molar-refractivity contribution in [1.82, 2.24) is 24.7 Å². The summed E-state index contributed by atoms with van der Waals surface area (Å²) in [6, 6.07) is 9.81. The van der Waals surface area contributed by atoms with Gasteiger partial charge >= 0.3 is 0 Å². The molecule has 10 heteroatoms. The highest BCUT2D eigenvalue weighted by Gasteiger charge is 2.21. The van der Waals surface area contributed by atoms with Crippen LogP contribution in [0, 0.1) is 16.0 Å². The van der Waals surface area contributed by atoms with E-state index in [0.29, 0.717) is 28.0 Å². The minimum Gasteiger partial charge on any atom is -0.342 e. The van der Waals surface area contributed by atoms with Crippen LogP contribution >= 0.6 is 11.8 Å². The lowest BCUT2D eigenvalue weighted by Gasteiger charge is -2.30. The van der Waals surface area contributed by atoms with Crippen molar-refractivity contribution in [3.05, 3.63) is 46.5 Å². The molecule has 3 aromatic rings. The molecule has 1 saturated heterocycles. The third-order valence-corrected chi connectivity index (χ3v) is 5.95. The minimum absolute atomic E-state index is 0.00389. The normalized spacial score (nSPS) is 15.0. The van der Waals surface area contributed by atoms with Gasteiger partial charge in [0.2, 0.25) is 11.1 Å². The molecule has 0 radical (unpaired) electrons. The Morgan fingerprint density at radius 2 is 2.03 bits per heavy atom. The molecular weight excluding hydrogens is 392 g/mol. The van der Waals surface area contributed by atoms with Crippen molar-refractivity contribution < 1.29 is 9.72 Å². The molecule has 0 N–H and O–H groups in total. The highest BCUT2D eigenvalue weighted by molar-refractivity contribution is 7.99. The lowest BCUT2D eigenvalue weighted by Crippen LogP contribution is -2.38. The van der Waals surface area contributed by atoms with E-state index < -0.39 is 4.92 Å². The van der Waals surface area contributed by atoms with Crippen LogP contribution in [0.2, 0.25) is 0 Å². The first kappa shape index (κ1) is 19.3. The van der Waals surface area contributed by atoms with Gasteiger partial charge in [0.05, 0.1) is 16.4 Å². The Kier molecular flexibility index (Phi) is 5.43. The van der Waals surface area contributed by atoms with Gasteiger partial charge in [-0.25, -0.2) is 0 Å². The number of piperidine rings is 1. The summed E-state index contributed by atoms with van der Waals surface area (Å²) < 4.78 is 1.57. The smallest absolute Gasteiger partial charge is 0.270 e. The average Bonchev–Trinajstić information content (AvgIpc) is 3.15. The molecule has 150 valence electrons. The van der Waals surface area contributed by atoms with Crippen LogP contribution in [0.25, 0.3) is 16.9 Å². The molecule has 1 aliphatic rings. The molecule has 9 nitrogen and oxygen atoms in total. The lowest BCUT2D eigenvalue weighted by molar-refractivity contribution is -0.384. The zero-order valence-electron chi connectivity index (χ0n) is 15.9. The van der Waals surface area contributed by atoms with E-state index in [-0.39, 0.29) is 17.3 Å². The number of hydrogen-bond donors (Lipinski definition) is 0. The van der Waals surface area contributed by atoms with E-state index >= 15 is 0 Å². The average molecular weight is 412 g/mol. The highest BCUT2D eigenvalue weighted by Crippen LogP contribution is 2.24. The van der Waals surface area contributed by atoms with Gasteiger partial charge in [0.15, 0.2) is 5.65 Å². The Labute approximate surface area is 171 Å². The Bertz CT molecular complexity index is 1060. The second kappa shape index (κ2) is 8.16. The molecule has 1 fully saturated rings. The summed E-state index contributed by atoms with van der Waals surface area (Å²) in [4.78, 5) is 25.0. The van der Waals surface area contributed by atoms with Gasteiger partial charge in [0.25, 0.3) is 5.69 Å². The predicted molar refractivity (Wildman–Crippen MR) is 109 cm³/mol. The van der Waals surface area contributed by atoms with Gasteiger partial charge in [-0.05, 0) is 30.9 Å². The van der Waals surface area contributed by atoms with E-state index in [9.17, 15) is 14.9 Å². The number of carbonyl (C=O) groups is 1. The summed E-state index contributed by atoms with van der Waals surface area (Å²) in [6.45, 7) is 3.82. The Morgan fingerprint density at radius 1 is 1.24 bits per heavy atom. The molecule has 1 amide bonds. The number of benzene rings is 1. The van der Waals surface area contributed by atoms with E-state index in [1.165, 1.54) is 23.9 Å². The van der Waals surface area contributed by atoms with Crippen molar-refractivity contribution in [2.45, 2.75) is 24.9 Å². The molecular formula is C19H20N6O3S. The van der Waals surface area contributed by atoms with Crippen LogP contribution in [-0.2, 0) is 4.79 Å². The molecule has 1 aromatic carbocycles. The maximum Gasteiger partial charge on any atom is 0.270 e. The van der Waals surface area contributed by atoms with Crippen LogP contribution in [-0.4, -0.2) is 54.4 Å². The van der Waals surface area contributed by atoms with E-state index in [2.05, 4.69) is 22.2 Å². The fourth-order valence-corrected chi connectivity index (χ4v) is 4.06. The highest BCUT2D eigenvalue weighted by atomic mass is 32.2. The van der Waals surface area contributed by atoms with Crippen molar-refractivity contribution in [3.8, 4) is 11.3 Å². The molecule has 0 atom stereocenters. The number of likely N-dealkylation sites (tertiary alicyclic amines) is 1. The molecule has 0 unspecified atom stereocenters. The van der Waals surface area contributed by atoms with E-state index in [4.69, 9.17) is 0 Å². The third-order valence-electron chi connectivity index (χ3n) is 5.05. The largest absolute Gasteiger partial charge is 0.342 e. The second-order valence-corrected chi connectivity index (χ2v) is 8.07. The fourth-order valence-electron chi connectivity index (χ4n) is 3.27. The summed E-state index contributed by atoms with van der Waals surface area (Å²) in [7, 11) is 0. The molecule has 0 aliphatic carbocycles. The maximum atomic E-state index is 12.5. The summed E-state index contributed by atoms with van der Waals surface area (Å²) in [5.41, 5.74) is 1.76. The quantitative estimate of drug-likeness (QED) is 0.360. The van der Waals surface area contributed by atoms with Crippen molar-refractivity contribution in [2.24, 2.45) is 5.92 Å². The summed E-state index contributed by atoms with van der Waals surface area (Å²) >= 11 is 1.30. The Morgan fingerprint density at radius 3 is 2.79 bits per heavy atom. The van der Waals surface area contributed by atoms with Crippen molar-refractivity contribution in [3.63, 3.8) is 0 Å². The standard InChI is InChI=1S/C19H20N6O3S/c1-13-7-9-23(10-8-13)18(26)12-29-19-21-20-17-6-5-16(22-24(17)19)14-3-2-4-15(11-14)25(27)28/h2-6,11,13H,7-10,12H2,1H3. The number of nitrogens with zero attached hydrogens (tertiary/aromatic N) is 6. The zero-order valence-corrected chi connectivity index (χ0v) is 16.7. The predicted octanol–water partition coefficient (Wildman–Crippen LogP) is 3.05. The number of rotatable bonds is 5. The third kappa shape index (κ3) is 4.21. The molecule has 3 heterocycles. The lowest BCUT2D eigenvalue weighted by atomic mass is 9.99. The van der Waals surface area contributed by atoms with Crippen LogP contribution in [0.3, 0.4) is 0 Å². The van der Waals surface area contributed by atoms with Gasteiger partial charge in [-0.2, -0.15) is 9.61 Å². The zero-order chi connectivity index (χ0) is 20.4. The molecule has 29 heavy (non-hydrogen) atoms. The topological polar surface area (TPSA) is 107 Å². The molecule has 0 spiro atoms. The first-order valence-corrected chi connectivity index (χ1v) is 10.4. The van der Waals surface area contributed by atoms with Crippen LogP contribution < -0.4 is 0 Å². The van der Waals surface area contributed by atoms with Gasteiger partial charge in [-0.3, -0.25) is 14.9 Å². The number of aromatic nitrogens is 4. The van der Waals surface area contributed by atoms with Crippen LogP contribution in [0.4, 0.5) is 5.69 Å². The second-order valence-electron chi connectivity index (χ2n) is 7.13. The number of amides is 1. The van der Waals surface area contributed by atoms with Crippen LogP contribution in [0.1, 0.15) is 19.8 Å². The van der Waals surface area contributed by atoms with Gasteiger partial charge in [0.1, 0.15) is 0 Å². The molecule has 2 aromatic heterocycles. The maximum absolute atomic E-state index is 12.5. The van der Waals surface area contributed by atoms with Crippen LogP contribution in [0.15, 0.2) is 41.6 Å². The van der Waals surface area contributed by atoms with Gasteiger partial charge < -0.3 is 4.90 Å². The molecule has 1 aliphatic heterocycles. The Balaban J connectivity index is 1.52. The van der Waals surface area contributed by atoms with E-state index in [1.54, 1.807) is 28.8 Å². The summed E-state index contributed by atoms with van der Waals surface area (Å²) in [5, 5.41) is 24.3. The number of fused-ring (bicyclic) bond motifs is 1. The number of hydrogen-bond acceptors (Lipinski definition) is 7. The monoisotopic (exact) mass is 412 g/mol. The van der Waals surface area contributed by atoms with E-state index in [1.807, 2.05) is 4.90 Å². The first-order chi connectivity index (χ1) is 14.0. The minimum atomic E-state index is -0.435. The number of non-ortho nitro benzene ring substituents is 1. The fraction of sp³-hybridized carbons (Fsp3) is 0.368. The number of carbonyl (C=O) groups excluding carboxylic acids is 1. The van der Waals surface area contributed by atoms with Gasteiger partial charge in [-0.15, -0.1) is 10.2 Å². The van der Waals surface area contributed by atoms with E-state index in [0.717, 1.165) is 25.9 Å². The summed E-state index contributed by atoms with van der Waals surface area (Å²) in [6.07, 6.45) is 2.08. The molecule has 4 rings (SSSR count). The number of thioether (sulfide) groups is 1. The number of nitro groups is 1. The van der Waals surface area contributed by atoms with Gasteiger partial charge in [-0.1, -0.05) is 30.8 Å². The van der Waals surface area contributed by atoms with Crippen molar-refractivity contribution in [2.75, 3.05) is 18.8 Å². The SMILES string of the molecule is CC1CCN(C(=O)CSc2nnc3ccc(-c4cccc([N+](=O)[O-])c4)nn23)CC1.